The van der Waals surface area contributed by atoms with Crippen LogP contribution in [0.2, 0.25) is 0 Å². The molecule has 2 bridgehead atoms. The lowest BCUT2D eigenvalue weighted by Gasteiger charge is -2.33. The number of hydrogen-bond donors (Lipinski definition) is 0. The Morgan fingerprint density at radius 1 is 1.09 bits per heavy atom. The van der Waals surface area contributed by atoms with Crippen molar-refractivity contribution in [3.05, 3.63) is 66.1 Å². The first kappa shape index (κ1) is 22.1. The van der Waals surface area contributed by atoms with E-state index in [0.717, 1.165) is 18.7 Å². The van der Waals surface area contributed by atoms with E-state index in [-0.39, 0.29) is 29.9 Å². The number of alkyl halides is 3. The van der Waals surface area contributed by atoms with Crippen LogP contribution in [0.4, 0.5) is 13.2 Å². The van der Waals surface area contributed by atoms with Crippen LogP contribution in [0.3, 0.4) is 0 Å². The number of fused-ring (bicyclic) bond motifs is 2. The summed E-state index contributed by atoms with van der Waals surface area (Å²) in [5, 5.41) is 0. The van der Waals surface area contributed by atoms with Crippen LogP contribution in [0.25, 0.3) is 11.4 Å². The molecule has 2 aromatic heterocycles. The van der Waals surface area contributed by atoms with Gasteiger partial charge in [0.15, 0.2) is 5.82 Å². The molecule has 1 saturated heterocycles. The Balaban J connectivity index is 1.38. The number of amides is 1. The molecule has 5 rings (SSSR count). The number of hydrogen-bond acceptors (Lipinski definition) is 6. The van der Waals surface area contributed by atoms with Crippen LogP contribution in [0.1, 0.15) is 28.8 Å². The Kier molecular flexibility index (Phi) is 5.59. The van der Waals surface area contributed by atoms with Gasteiger partial charge >= 0.3 is 6.18 Å². The number of methoxy groups -OCH3 is 1. The molecule has 0 N–H and O–H groups in total. The van der Waals surface area contributed by atoms with Crippen molar-refractivity contribution >= 4 is 5.91 Å². The second-order valence-electron chi connectivity index (χ2n) is 8.39. The normalized spacial score (nSPS) is 21.5. The topological polar surface area (TPSA) is 77.4 Å². The van der Waals surface area contributed by atoms with Crippen LogP contribution in [0.15, 0.2) is 55.0 Å². The summed E-state index contributed by atoms with van der Waals surface area (Å²) in [5.41, 5.74) is 0.181. The van der Waals surface area contributed by atoms with Gasteiger partial charge in [0.1, 0.15) is 11.9 Å². The molecule has 3 heterocycles. The van der Waals surface area contributed by atoms with E-state index < -0.39 is 11.7 Å². The molecular weight excluding hydrogens is 449 g/mol. The molecular formula is C24H21F3N4O3. The van der Waals surface area contributed by atoms with Crippen LogP contribution in [0.5, 0.6) is 11.6 Å². The monoisotopic (exact) mass is 470 g/mol. The number of piperidine rings is 1. The van der Waals surface area contributed by atoms with E-state index in [1.54, 1.807) is 48.7 Å². The minimum Gasteiger partial charge on any atom is -0.497 e. The van der Waals surface area contributed by atoms with Gasteiger partial charge in [-0.25, -0.2) is 15.0 Å². The fraction of sp³-hybridized carbons (Fsp3) is 0.333. The van der Waals surface area contributed by atoms with Gasteiger partial charge in [0, 0.05) is 36.8 Å². The fourth-order valence-corrected chi connectivity index (χ4v) is 4.71. The number of benzene rings is 1. The van der Waals surface area contributed by atoms with E-state index in [1.165, 1.54) is 6.07 Å². The average molecular weight is 470 g/mol. The highest BCUT2D eigenvalue weighted by Crippen LogP contribution is 2.41. The summed E-state index contributed by atoms with van der Waals surface area (Å²) >= 11 is 0. The zero-order valence-corrected chi connectivity index (χ0v) is 18.2. The van der Waals surface area contributed by atoms with Gasteiger partial charge in [-0.3, -0.25) is 4.79 Å². The summed E-state index contributed by atoms with van der Waals surface area (Å²) in [5.74, 6) is 1.18. The molecule has 176 valence electrons. The Morgan fingerprint density at radius 2 is 1.88 bits per heavy atom. The van der Waals surface area contributed by atoms with Gasteiger partial charge in [-0.2, -0.15) is 13.2 Å². The Morgan fingerprint density at radius 3 is 2.53 bits per heavy atom. The lowest BCUT2D eigenvalue weighted by Crippen LogP contribution is -2.47. The van der Waals surface area contributed by atoms with Crippen molar-refractivity contribution in [3.8, 4) is 23.0 Å². The molecule has 2 fully saturated rings. The van der Waals surface area contributed by atoms with Gasteiger partial charge in [-0.15, -0.1) is 0 Å². The van der Waals surface area contributed by atoms with Crippen molar-refractivity contribution in [2.24, 2.45) is 5.92 Å². The van der Waals surface area contributed by atoms with Crippen LogP contribution in [-0.2, 0) is 6.18 Å². The Bertz CT molecular complexity index is 1190. The molecule has 0 spiro atoms. The van der Waals surface area contributed by atoms with Crippen molar-refractivity contribution in [2.75, 3.05) is 13.7 Å². The molecule has 7 nitrogen and oxygen atoms in total. The first-order valence-electron chi connectivity index (χ1n) is 10.8. The number of halogens is 3. The number of carbonyl (C=O) groups excluding carboxylic acids is 1. The quantitative estimate of drug-likeness (QED) is 0.555. The number of pyridine rings is 1. The zero-order valence-electron chi connectivity index (χ0n) is 18.2. The number of nitrogens with zero attached hydrogens (tertiary/aromatic N) is 4. The van der Waals surface area contributed by atoms with Crippen LogP contribution in [0, 0.1) is 5.92 Å². The Hall–Kier alpha value is -3.69. The van der Waals surface area contributed by atoms with E-state index in [9.17, 15) is 18.0 Å². The van der Waals surface area contributed by atoms with E-state index in [2.05, 4.69) is 15.0 Å². The molecule has 2 aliphatic rings. The summed E-state index contributed by atoms with van der Waals surface area (Å²) in [7, 11) is 1.54. The molecule has 3 unspecified atom stereocenters. The maximum atomic E-state index is 13.6. The maximum Gasteiger partial charge on any atom is 0.417 e. The first-order valence-corrected chi connectivity index (χ1v) is 10.8. The van der Waals surface area contributed by atoms with Gasteiger partial charge in [-0.05, 0) is 49.1 Å². The molecule has 0 radical (unpaired) electrons. The summed E-state index contributed by atoms with van der Waals surface area (Å²) in [4.78, 5) is 27.8. The van der Waals surface area contributed by atoms with Gasteiger partial charge in [-0.1, -0.05) is 0 Å². The smallest absolute Gasteiger partial charge is 0.417 e. The fourth-order valence-electron chi connectivity index (χ4n) is 4.71. The third kappa shape index (κ3) is 4.15. The molecule has 1 aliphatic heterocycles. The average Bonchev–Trinajstić information content (AvgIpc) is 3.44. The first-order chi connectivity index (χ1) is 16.3. The SMILES string of the molecule is COc1ccc(C(=O)N2CC3CC(Oc4ccc(C(F)(F)F)cn4)C2C3)c(-c2ncccn2)c1. The predicted molar refractivity (Wildman–Crippen MR) is 115 cm³/mol. The third-order valence-corrected chi connectivity index (χ3v) is 6.29. The molecule has 3 atom stereocenters. The lowest BCUT2D eigenvalue weighted by atomic mass is 10.0. The largest absolute Gasteiger partial charge is 0.497 e. The van der Waals surface area contributed by atoms with Gasteiger partial charge < -0.3 is 14.4 Å². The van der Waals surface area contributed by atoms with Crippen LogP contribution >= 0.6 is 0 Å². The molecule has 1 aliphatic carbocycles. The molecule has 3 aromatic rings. The standard InChI is InChI=1S/C24H21F3N4O3/c1-33-16-4-5-17(18(11-16)22-28-7-2-8-29-22)23(32)31-13-14-9-19(31)20(10-14)34-21-6-3-15(12-30-21)24(25,26)27/h2-8,11-12,14,19-20H,9-10,13H2,1H3. The van der Waals surface area contributed by atoms with Crippen molar-refractivity contribution < 1.29 is 27.4 Å². The van der Waals surface area contributed by atoms with E-state index in [1.807, 2.05) is 0 Å². The zero-order chi connectivity index (χ0) is 23.9. The van der Waals surface area contributed by atoms with Crippen molar-refractivity contribution in [2.45, 2.75) is 31.2 Å². The lowest BCUT2D eigenvalue weighted by molar-refractivity contribution is -0.137. The Labute approximate surface area is 193 Å². The van der Waals surface area contributed by atoms with E-state index in [0.29, 0.717) is 35.7 Å². The predicted octanol–water partition coefficient (Wildman–Crippen LogP) is 4.25. The summed E-state index contributed by atoms with van der Waals surface area (Å²) in [6, 6.07) is 8.81. The summed E-state index contributed by atoms with van der Waals surface area (Å²) < 4.78 is 49.7. The highest BCUT2D eigenvalue weighted by Gasteiger charge is 2.48. The number of aromatic nitrogens is 3. The summed E-state index contributed by atoms with van der Waals surface area (Å²) in [6.07, 6.45) is 0.651. The maximum absolute atomic E-state index is 13.6. The van der Waals surface area contributed by atoms with E-state index >= 15 is 0 Å². The van der Waals surface area contributed by atoms with Crippen molar-refractivity contribution in [3.63, 3.8) is 0 Å². The molecule has 1 amide bonds. The van der Waals surface area contributed by atoms with Gasteiger partial charge in [0.25, 0.3) is 5.91 Å². The number of rotatable bonds is 5. The number of likely N-dealkylation sites (tertiary alicyclic amines) is 1. The minimum atomic E-state index is -4.46. The third-order valence-electron chi connectivity index (χ3n) is 6.29. The molecule has 1 aromatic carbocycles. The number of ether oxygens (including phenoxy) is 2. The summed E-state index contributed by atoms with van der Waals surface area (Å²) in [6.45, 7) is 0.588. The van der Waals surface area contributed by atoms with Gasteiger partial charge in [0.2, 0.25) is 5.88 Å². The highest BCUT2D eigenvalue weighted by atomic mass is 19.4. The molecule has 34 heavy (non-hydrogen) atoms. The van der Waals surface area contributed by atoms with Gasteiger partial charge in [0.05, 0.1) is 24.3 Å². The minimum absolute atomic E-state index is 0.112. The van der Waals surface area contributed by atoms with Crippen molar-refractivity contribution in [1.82, 2.24) is 19.9 Å². The second-order valence-corrected chi connectivity index (χ2v) is 8.39. The van der Waals surface area contributed by atoms with Crippen LogP contribution < -0.4 is 9.47 Å². The second kappa shape index (κ2) is 8.58. The number of carbonyl (C=O) groups is 1. The highest BCUT2D eigenvalue weighted by molar-refractivity contribution is 6.00. The van der Waals surface area contributed by atoms with Crippen molar-refractivity contribution in [1.29, 1.82) is 0 Å². The molecule has 1 saturated carbocycles. The van der Waals surface area contributed by atoms with Crippen LogP contribution in [-0.4, -0.2) is 51.6 Å². The molecule has 10 heteroatoms. The van der Waals surface area contributed by atoms with E-state index in [4.69, 9.17) is 9.47 Å².